The Morgan fingerprint density at radius 2 is 1.50 bits per heavy atom. The van der Waals surface area contributed by atoms with E-state index in [1.54, 1.807) is 19.2 Å². The molecule has 0 bridgehead atoms. The molecule has 0 saturated carbocycles. The van der Waals surface area contributed by atoms with Crippen LogP contribution in [0.2, 0.25) is 0 Å². The zero-order valence-corrected chi connectivity index (χ0v) is 23.7. The van der Waals surface area contributed by atoms with E-state index < -0.39 is 23.9 Å². The molecular formula is C29H33FN4O10. The molecule has 1 aliphatic heterocycles. The predicted molar refractivity (Wildman–Crippen MR) is 155 cm³/mol. The van der Waals surface area contributed by atoms with Crippen molar-refractivity contribution in [3.05, 3.63) is 66.1 Å². The summed E-state index contributed by atoms with van der Waals surface area (Å²) in [6, 6.07) is 14.2. The number of nitrogens with one attached hydrogen (secondary N) is 2. The normalized spacial score (nSPS) is 13.0. The van der Waals surface area contributed by atoms with Crippen molar-refractivity contribution in [2.24, 2.45) is 0 Å². The fourth-order valence-corrected chi connectivity index (χ4v) is 4.14. The van der Waals surface area contributed by atoms with Crippen LogP contribution < -0.4 is 15.4 Å². The summed E-state index contributed by atoms with van der Waals surface area (Å²) in [6.07, 6.45) is 4.85. The summed E-state index contributed by atoms with van der Waals surface area (Å²) in [5.74, 6) is -6.87. The van der Waals surface area contributed by atoms with Gasteiger partial charge in [0.25, 0.3) is 0 Å². The Bertz CT molecular complexity index is 1400. The molecule has 15 heteroatoms. The number of carboxylic acid groups (broad SMARTS) is 4. The molecule has 0 aliphatic carbocycles. The first-order valence-electron chi connectivity index (χ1n) is 13.2. The van der Waals surface area contributed by atoms with E-state index in [0.717, 1.165) is 55.5 Å². The number of amides is 1. The highest BCUT2D eigenvalue weighted by atomic mass is 19.1. The van der Waals surface area contributed by atoms with Crippen molar-refractivity contribution in [1.29, 1.82) is 0 Å². The molecule has 236 valence electrons. The number of benzene rings is 2. The summed E-state index contributed by atoms with van der Waals surface area (Å²) in [5.41, 5.74) is 2.88. The largest absolute Gasteiger partial charge is 0.497 e. The quantitative estimate of drug-likeness (QED) is 0.200. The van der Waals surface area contributed by atoms with Crippen LogP contribution in [-0.4, -0.2) is 99.4 Å². The number of anilines is 1. The second-order valence-corrected chi connectivity index (χ2v) is 9.38. The van der Waals surface area contributed by atoms with Crippen LogP contribution in [0.25, 0.3) is 10.9 Å². The van der Waals surface area contributed by atoms with E-state index in [1.165, 1.54) is 17.7 Å². The second kappa shape index (κ2) is 17.7. The van der Waals surface area contributed by atoms with Gasteiger partial charge in [-0.3, -0.25) is 9.78 Å². The van der Waals surface area contributed by atoms with Gasteiger partial charge in [-0.2, -0.15) is 0 Å². The van der Waals surface area contributed by atoms with Gasteiger partial charge in [0.2, 0.25) is 5.91 Å². The molecule has 44 heavy (non-hydrogen) atoms. The van der Waals surface area contributed by atoms with Crippen LogP contribution in [0.3, 0.4) is 0 Å². The Kier molecular flexibility index (Phi) is 14.1. The van der Waals surface area contributed by atoms with Crippen molar-refractivity contribution < 1.29 is 53.5 Å². The van der Waals surface area contributed by atoms with E-state index in [0.29, 0.717) is 11.7 Å². The number of aliphatic carboxylic acids is 4. The van der Waals surface area contributed by atoms with Crippen LogP contribution in [0.4, 0.5) is 10.1 Å². The minimum absolute atomic E-state index is 0.112. The predicted octanol–water partition coefficient (Wildman–Crippen LogP) is 1.93. The molecule has 0 unspecified atom stereocenters. The number of aromatic nitrogens is 1. The smallest absolute Gasteiger partial charge is 0.414 e. The lowest BCUT2D eigenvalue weighted by Crippen LogP contribution is -2.45. The summed E-state index contributed by atoms with van der Waals surface area (Å²) < 4.78 is 18.3. The molecule has 1 fully saturated rings. The number of hydrogen-bond acceptors (Lipinski definition) is 9. The molecule has 14 nitrogen and oxygen atoms in total. The van der Waals surface area contributed by atoms with Crippen LogP contribution in [-0.2, 0) is 30.4 Å². The minimum Gasteiger partial charge on any atom is -0.497 e. The van der Waals surface area contributed by atoms with E-state index in [1.807, 2.05) is 18.3 Å². The molecule has 1 amide bonds. The Hall–Kier alpha value is -5.15. The van der Waals surface area contributed by atoms with Crippen LogP contribution >= 0.6 is 0 Å². The minimum atomic E-state index is -1.82. The van der Waals surface area contributed by atoms with Gasteiger partial charge in [0.15, 0.2) is 0 Å². The number of fused-ring (bicyclic) bond motifs is 1. The molecule has 6 N–H and O–H groups in total. The van der Waals surface area contributed by atoms with Crippen LogP contribution in [0.15, 0.2) is 54.7 Å². The van der Waals surface area contributed by atoms with Gasteiger partial charge in [0.1, 0.15) is 11.6 Å². The first-order valence-corrected chi connectivity index (χ1v) is 13.2. The number of piperidine rings is 1. The number of carboxylic acids is 4. The molecule has 0 radical (unpaired) electrons. The Morgan fingerprint density at radius 1 is 0.909 bits per heavy atom. The maximum atomic E-state index is 13.0. The number of carbonyl (C=O) groups excluding carboxylic acids is 1. The molecule has 1 aliphatic rings. The van der Waals surface area contributed by atoms with Gasteiger partial charge in [0, 0.05) is 29.9 Å². The molecule has 3 aromatic rings. The zero-order valence-electron chi connectivity index (χ0n) is 23.7. The summed E-state index contributed by atoms with van der Waals surface area (Å²) in [5, 5.41) is 36.8. The number of nitrogens with zero attached hydrogens (tertiary/aromatic N) is 2. The highest BCUT2D eigenvalue weighted by molar-refractivity contribution is 6.27. The molecule has 4 rings (SSSR count). The Morgan fingerprint density at radius 3 is 2.05 bits per heavy atom. The van der Waals surface area contributed by atoms with Crippen molar-refractivity contribution in [1.82, 2.24) is 15.2 Å². The van der Waals surface area contributed by atoms with Crippen LogP contribution in [0.5, 0.6) is 5.75 Å². The van der Waals surface area contributed by atoms with Gasteiger partial charge in [-0.15, -0.1) is 0 Å². The summed E-state index contributed by atoms with van der Waals surface area (Å²) >= 11 is 0. The van der Waals surface area contributed by atoms with Crippen LogP contribution in [0, 0.1) is 5.82 Å². The highest BCUT2D eigenvalue weighted by Gasteiger charge is 2.19. The first kappa shape index (κ1) is 35.0. The lowest BCUT2D eigenvalue weighted by atomic mass is 10.0. The van der Waals surface area contributed by atoms with E-state index >= 15 is 0 Å². The van der Waals surface area contributed by atoms with E-state index in [-0.39, 0.29) is 18.3 Å². The lowest BCUT2D eigenvalue weighted by molar-refractivity contribution is -0.159. The van der Waals surface area contributed by atoms with Crippen molar-refractivity contribution in [3.63, 3.8) is 0 Å². The topological polar surface area (TPSA) is 216 Å². The molecule has 1 aromatic heterocycles. The summed E-state index contributed by atoms with van der Waals surface area (Å²) in [7, 11) is 1.68. The number of pyridine rings is 1. The lowest BCUT2D eigenvalue weighted by Gasteiger charge is -2.32. The number of likely N-dealkylation sites (tertiary alicyclic amines) is 1. The third-order valence-electron chi connectivity index (χ3n) is 6.37. The monoisotopic (exact) mass is 616 g/mol. The molecule has 2 aromatic carbocycles. The van der Waals surface area contributed by atoms with Crippen LogP contribution in [0.1, 0.15) is 18.4 Å². The van der Waals surface area contributed by atoms with E-state index in [2.05, 4.69) is 32.7 Å². The fraction of sp³-hybridized carbons (Fsp3) is 0.310. The van der Waals surface area contributed by atoms with Crippen molar-refractivity contribution in [3.8, 4) is 5.75 Å². The number of rotatable bonds is 8. The zero-order chi connectivity index (χ0) is 32.6. The molecular weight excluding hydrogens is 583 g/mol. The van der Waals surface area contributed by atoms with Crippen molar-refractivity contribution >= 4 is 46.4 Å². The molecule has 0 spiro atoms. The molecule has 0 atom stereocenters. The summed E-state index contributed by atoms with van der Waals surface area (Å²) in [6.45, 7) is 3.26. The maximum absolute atomic E-state index is 13.0. The Labute approximate surface area is 251 Å². The second-order valence-electron chi connectivity index (χ2n) is 9.38. The maximum Gasteiger partial charge on any atom is 0.414 e. The number of methoxy groups -OCH3 is 1. The van der Waals surface area contributed by atoms with Crippen molar-refractivity contribution in [2.75, 3.05) is 38.6 Å². The van der Waals surface area contributed by atoms with Gasteiger partial charge in [-0.25, -0.2) is 23.6 Å². The van der Waals surface area contributed by atoms with Gasteiger partial charge < -0.3 is 40.7 Å². The average molecular weight is 617 g/mol. The third-order valence-corrected chi connectivity index (χ3v) is 6.37. The van der Waals surface area contributed by atoms with Gasteiger partial charge in [0.05, 0.1) is 19.2 Å². The SMILES string of the molecule is COc1ccc2nccc(CCN3CCC(NCC(=O)Nc4ccc(F)cc4)CC3)c2c1.O=C(O)C(=O)O.O=C(O)C(=O)O. The van der Waals surface area contributed by atoms with E-state index in [4.69, 9.17) is 44.3 Å². The first-order chi connectivity index (χ1) is 20.9. The standard InChI is InChI=1S/C25H29FN4O2.2C2H2O4/c1-32-22-6-7-24-23(16-22)18(8-12-27-24)9-13-30-14-10-20(11-15-30)28-17-25(31)29-21-4-2-19(26)3-5-21;2*3-1(4)2(5)6/h2-8,12,16,20,28H,9-11,13-15,17H2,1H3,(H,29,31);2*(H,3,4)(H,5,6). The van der Waals surface area contributed by atoms with Gasteiger partial charge in [-0.05, 0) is 86.4 Å². The number of ether oxygens (including phenoxy) is 1. The average Bonchev–Trinajstić information content (AvgIpc) is 3.01. The Balaban J connectivity index is 0.000000477. The third kappa shape index (κ3) is 12.4. The van der Waals surface area contributed by atoms with E-state index in [9.17, 15) is 9.18 Å². The van der Waals surface area contributed by atoms with Gasteiger partial charge in [-0.1, -0.05) is 0 Å². The van der Waals surface area contributed by atoms with Crippen molar-refractivity contribution in [2.45, 2.75) is 25.3 Å². The fourth-order valence-electron chi connectivity index (χ4n) is 4.14. The number of hydrogen-bond donors (Lipinski definition) is 6. The summed E-state index contributed by atoms with van der Waals surface area (Å²) in [4.78, 5) is 55.5. The number of halogens is 1. The molecule has 2 heterocycles. The highest BCUT2D eigenvalue weighted by Crippen LogP contribution is 2.23. The van der Waals surface area contributed by atoms with Gasteiger partial charge >= 0.3 is 23.9 Å². The number of carbonyl (C=O) groups is 5. The molecule has 1 saturated heterocycles.